The summed E-state index contributed by atoms with van der Waals surface area (Å²) < 4.78 is 11.0. The molecule has 2 heterocycles. The summed E-state index contributed by atoms with van der Waals surface area (Å²) in [6.45, 7) is 1.63. The number of pyridine rings is 1. The molecule has 0 radical (unpaired) electrons. The van der Waals surface area contributed by atoms with E-state index < -0.39 is 6.04 Å². The average Bonchev–Trinajstić information content (AvgIpc) is 2.56. The highest BCUT2D eigenvalue weighted by molar-refractivity contribution is 5.45. The van der Waals surface area contributed by atoms with Gasteiger partial charge in [0.1, 0.15) is 19.3 Å². The molecule has 2 aromatic rings. The second-order valence-electron chi connectivity index (χ2n) is 4.67. The maximum atomic E-state index is 9.36. The third-order valence-electron chi connectivity index (χ3n) is 3.24. The monoisotopic (exact) mass is 281 g/mol. The lowest BCUT2D eigenvalue weighted by Gasteiger charge is -2.20. The van der Waals surface area contributed by atoms with E-state index >= 15 is 0 Å². The molecule has 1 aliphatic rings. The second-order valence-corrected chi connectivity index (χ2v) is 4.67. The predicted octanol–water partition coefficient (Wildman–Crippen LogP) is 2.21. The van der Waals surface area contributed by atoms with Crippen LogP contribution in [0, 0.1) is 11.3 Å². The van der Waals surface area contributed by atoms with Crippen molar-refractivity contribution in [1.29, 1.82) is 5.26 Å². The van der Waals surface area contributed by atoms with Crippen LogP contribution in [-0.2, 0) is 6.54 Å². The molecule has 1 aromatic carbocycles. The number of fused-ring (bicyclic) bond motifs is 1. The van der Waals surface area contributed by atoms with Crippen molar-refractivity contribution in [2.45, 2.75) is 12.6 Å². The summed E-state index contributed by atoms with van der Waals surface area (Å²) in [7, 11) is 0. The van der Waals surface area contributed by atoms with E-state index in [1.54, 1.807) is 6.20 Å². The van der Waals surface area contributed by atoms with E-state index in [0.29, 0.717) is 25.5 Å². The molecule has 0 saturated carbocycles. The minimum absolute atomic E-state index is 0.414. The lowest BCUT2D eigenvalue weighted by atomic mass is 10.1. The second kappa shape index (κ2) is 6.25. The van der Waals surface area contributed by atoms with Crippen molar-refractivity contribution < 1.29 is 9.47 Å². The number of benzene rings is 1. The first kappa shape index (κ1) is 13.4. The van der Waals surface area contributed by atoms with Gasteiger partial charge < -0.3 is 9.47 Å². The average molecular weight is 281 g/mol. The first-order chi connectivity index (χ1) is 10.4. The summed E-state index contributed by atoms with van der Waals surface area (Å²) in [5.74, 6) is 1.42. The van der Waals surface area contributed by atoms with Crippen LogP contribution in [0.1, 0.15) is 17.3 Å². The number of hydrogen-bond acceptors (Lipinski definition) is 5. The zero-order chi connectivity index (χ0) is 14.5. The van der Waals surface area contributed by atoms with Crippen LogP contribution in [0.25, 0.3) is 0 Å². The Hall–Kier alpha value is -2.58. The molecule has 0 bridgehead atoms. The fourth-order valence-electron chi connectivity index (χ4n) is 2.19. The van der Waals surface area contributed by atoms with Crippen LogP contribution >= 0.6 is 0 Å². The summed E-state index contributed by atoms with van der Waals surface area (Å²) in [4.78, 5) is 4.23. The standard InChI is InChI=1S/C16H15N3O2/c17-10-14(19-11-13-3-1-2-6-18-13)12-4-5-15-16(9-12)21-8-7-20-15/h1-6,9,14,19H,7-8,11H2. The molecule has 1 aromatic heterocycles. The van der Waals surface area contributed by atoms with E-state index in [1.165, 1.54) is 0 Å². The molecule has 1 aliphatic heterocycles. The van der Waals surface area contributed by atoms with Crippen LogP contribution in [0.3, 0.4) is 0 Å². The Bertz CT molecular complexity index is 652. The molecule has 0 amide bonds. The van der Waals surface area contributed by atoms with E-state index in [-0.39, 0.29) is 0 Å². The number of nitrogens with zero attached hydrogens (tertiary/aromatic N) is 2. The third-order valence-corrected chi connectivity index (χ3v) is 3.24. The highest BCUT2D eigenvalue weighted by Crippen LogP contribution is 2.32. The summed E-state index contributed by atoms with van der Waals surface area (Å²) in [6.07, 6.45) is 1.74. The number of ether oxygens (including phenoxy) is 2. The van der Waals surface area contributed by atoms with Crippen LogP contribution in [0.2, 0.25) is 0 Å². The Morgan fingerprint density at radius 2 is 2.05 bits per heavy atom. The van der Waals surface area contributed by atoms with Gasteiger partial charge >= 0.3 is 0 Å². The zero-order valence-corrected chi connectivity index (χ0v) is 11.5. The molecule has 106 valence electrons. The number of aromatic nitrogens is 1. The lowest BCUT2D eigenvalue weighted by molar-refractivity contribution is 0.171. The van der Waals surface area contributed by atoms with Crippen molar-refractivity contribution in [3.63, 3.8) is 0 Å². The lowest BCUT2D eigenvalue weighted by Crippen LogP contribution is -2.21. The van der Waals surface area contributed by atoms with Crippen molar-refractivity contribution in [1.82, 2.24) is 10.3 Å². The Morgan fingerprint density at radius 3 is 2.81 bits per heavy atom. The van der Waals surface area contributed by atoms with Crippen molar-refractivity contribution in [2.75, 3.05) is 13.2 Å². The molecular formula is C16H15N3O2. The van der Waals surface area contributed by atoms with E-state index in [2.05, 4.69) is 16.4 Å². The van der Waals surface area contributed by atoms with Crippen LogP contribution in [0.15, 0.2) is 42.6 Å². The van der Waals surface area contributed by atoms with Gasteiger partial charge in [-0.3, -0.25) is 10.3 Å². The van der Waals surface area contributed by atoms with Crippen LogP contribution in [-0.4, -0.2) is 18.2 Å². The topological polar surface area (TPSA) is 67.2 Å². The van der Waals surface area contributed by atoms with Gasteiger partial charge in [-0.15, -0.1) is 0 Å². The maximum Gasteiger partial charge on any atom is 0.161 e. The molecule has 1 N–H and O–H groups in total. The Kier molecular flexibility index (Phi) is 3.99. The SMILES string of the molecule is N#CC(NCc1ccccn1)c1ccc2c(c1)OCCO2. The molecule has 5 nitrogen and oxygen atoms in total. The van der Waals surface area contributed by atoms with Crippen molar-refractivity contribution in [2.24, 2.45) is 0 Å². The van der Waals surface area contributed by atoms with Gasteiger partial charge in [0, 0.05) is 12.7 Å². The highest BCUT2D eigenvalue weighted by Gasteiger charge is 2.16. The van der Waals surface area contributed by atoms with Crippen LogP contribution in [0.5, 0.6) is 11.5 Å². The molecule has 5 heteroatoms. The van der Waals surface area contributed by atoms with Crippen LogP contribution < -0.4 is 14.8 Å². The summed E-state index contributed by atoms with van der Waals surface area (Å²) in [5, 5.41) is 12.5. The quantitative estimate of drug-likeness (QED) is 0.930. The minimum Gasteiger partial charge on any atom is -0.486 e. The smallest absolute Gasteiger partial charge is 0.161 e. The largest absolute Gasteiger partial charge is 0.486 e. The van der Waals surface area contributed by atoms with Crippen molar-refractivity contribution in [3.05, 3.63) is 53.9 Å². The summed E-state index contributed by atoms with van der Waals surface area (Å²) >= 11 is 0. The minimum atomic E-state index is -0.414. The Morgan fingerprint density at radius 1 is 1.19 bits per heavy atom. The van der Waals surface area contributed by atoms with Gasteiger partial charge in [-0.05, 0) is 29.8 Å². The van der Waals surface area contributed by atoms with Gasteiger partial charge in [0.05, 0.1) is 11.8 Å². The van der Waals surface area contributed by atoms with Gasteiger partial charge in [0.2, 0.25) is 0 Å². The molecule has 3 rings (SSSR count). The molecule has 0 aliphatic carbocycles. The molecule has 0 spiro atoms. The Labute approximate surface area is 123 Å². The summed E-state index contributed by atoms with van der Waals surface area (Å²) in [5.41, 5.74) is 1.76. The van der Waals surface area contributed by atoms with Gasteiger partial charge in [0.25, 0.3) is 0 Å². The molecule has 1 unspecified atom stereocenters. The van der Waals surface area contributed by atoms with E-state index in [9.17, 15) is 5.26 Å². The number of nitrogens with one attached hydrogen (secondary N) is 1. The molecule has 0 fully saturated rings. The fourth-order valence-corrected chi connectivity index (χ4v) is 2.19. The first-order valence-corrected chi connectivity index (χ1v) is 6.79. The van der Waals surface area contributed by atoms with Gasteiger partial charge in [-0.25, -0.2) is 0 Å². The fraction of sp³-hybridized carbons (Fsp3) is 0.250. The van der Waals surface area contributed by atoms with E-state index in [0.717, 1.165) is 17.0 Å². The summed E-state index contributed by atoms with van der Waals surface area (Å²) in [6, 6.07) is 13.1. The normalized spacial score (nSPS) is 14.2. The van der Waals surface area contributed by atoms with Crippen molar-refractivity contribution >= 4 is 0 Å². The molecule has 21 heavy (non-hydrogen) atoms. The number of rotatable bonds is 4. The predicted molar refractivity (Wildman–Crippen MR) is 76.9 cm³/mol. The highest BCUT2D eigenvalue weighted by atomic mass is 16.6. The molecule has 1 atom stereocenters. The number of nitriles is 1. The van der Waals surface area contributed by atoms with Gasteiger partial charge in [-0.1, -0.05) is 12.1 Å². The van der Waals surface area contributed by atoms with Gasteiger partial charge in [-0.2, -0.15) is 5.26 Å². The van der Waals surface area contributed by atoms with Crippen LogP contribution in [0.4, 0.5) is 0 Å². The maximum absolute atomic E-state index is 9.36. The van der Waals surface area contributed by atoms with Gasteiger partial charge in [0.15, 0.2) is 11.5 Å². The Balaban J connectivity index is 1.73. The third kappa shape index (κ3) is 3.12. The zero-order valence-electron chi connectivity index (χ0n) is 11.5. The van der Waals surface area contributed by atoms with Crippen molar-refractivity contribution in [3.8, 4) is 17.6 Å². The first-order valence-electron chi connectivity index (χ1n) is 6.79. The van der Waals surface area contributed by atoms with E-state index in [4.69, 9.17) is 9.47 Å². The molecule has 0 saturated heterocycles. The van der Waals surface area contributed by atoms with E-state index in [1.807, 2.05) is 36.4 Å². The molecular weight excluding hydrogens is 266 g/mol. The number of hydrogen-bond donors (Lipinski definition) is 1.